The Morgan fingerprint density at radius 1 is 1.08 bits per heavy atom. The van der Waals surface area contributed by atoms with Gasteiger partial charge in [-0.1, -0.05) is 66.7 Å². The number of ether oxygens (including phenoxy) is 1. The molecule has 0 aromatic heterocycles. The highest BCUT2D eigenvalue weighted by molar-refractivity contribution is 5.67. The third-order valence-electron chi connectivity index (χ3n) is 3.44. The van der Waals surface area contributed by atoms with Crippen LogP contribution >= 0.6 is 0 Å². The first-order valence-electron chi connectivity index (χ1n) is 8.12. The predicted octanol–water partition coefficient (Wildman–Crippen LogP) is 3.74. The SMILES string of the molecule is CNCc1cccc(C=CCCNC(=O)OCc2ccccc2)c1. The molecular formula is C20H24N2O2. The van der Waals surface area contributed by atoms with Crippen molar-refractivity contribution in [1.29, 1.82) is 0 Å². The van der Waals surface area contributed by atoms with Crippen LogP contribution < -0.4 is 10.6 Å². The number of nitrogens with one attached hydrogen (secondary N) is 2. The average molecular weight is 324 g/mol. The second-order valence-corrected chi connectivity index (χ2v) is 5.45. The molecule has 0 saturated carbocycles. The van der Waals surface area contributed by atoms with Gasteiger partial charge in [-0.25, -0.2) is 4.79 Å². The lowest BCUT2D eigenvalue weighted by molar-refractivity contribution is 0.140. The number of alkyl carbamates (subject to hydrolysis) is 1. The van der Waals surface area contributed by atoms with Crippen LogP contribution in [0.5, 0.6) is 0 Å². The number of hydrogen-bond donors (Lipinski definition) is 2. The lowest BCUT2D eigenvalue weighted by Gasteiger charge is -2.06. The van der Waals surface area contributed by atoms with Crippen LogP contribution in [0.25, 0.3) is 6.08 Å². The normalized spacial score (nSPS) is 10.7. The van der Waals surface area contributed by atoms with E-state index >= 15 is 0 Å². The first kappa shape index (κ1) is 17.8. The van der Waals surface area contributed by atoms with Crippen molar-refractivity contribution in [1.82, 2.24) is 10.6 Å². The summed E-state index contributed by atoms with van der Waals surface area (Å²) in [5.41, 5.74) is 3.39. The molecule has 2 aromatic carbocycles. The van der Waals surface area contributed by atoms with Gasteiger partial charge in [0.15, 0.2) is 0 Å². The van der Waals surface area contributed by atoms with Crippen LogP contribution in [0.2, 0.25) is 0 Å². The van der Waals surface area contributed by atoms with Crippen molar-refractivity contribution in [2.75, 3.05) is 13.6 Å². The van der Waals surface area contributed by atoms with Crippen LogP contribution in [0.4, 0.5) is 4.79 Å². The molecule has 0 radical (unpaired) electrons. The molecule has 1 amide bonds. The van der Waals surface area contributed by atoms with Crippen molar-refractivity contribution >= 4 is 12.2 Å². The molecule has 0 aliphatic carbocycles. The third kappa shape index (κ3) is 6.67. The van der Waals surface area contributed by atoms with Crippen molar-refractivity contribution in [3.05, 3.63) is 77.4 Å². The summed E-state index contributed by atoms with van der Waals surface area (Å²) in [5, 5.41) is 5.89. The monoisotopic (exact) mass is 324 g/mol. The van der Waals surface area contributed by atoms with E-state index in [1.165, 1.54) is 5.56 Å². The largest absolute Gasteiger partial charge is 0.445 e. The smallest absolute Gasteiger partial charge is 0.407 e. The zero-order valence-corrected chi connectivity index (χ0v) is 14.0. The van der Waals surface area contributed by atoms with Gasteiger partial charge in [-0.2, -0.15) is 0 Å². The lowest BCUT2D eigenvalue weighted by Crippen LogP contribution is -2.24. The van der Waals surface area contributed by atoms with Crippen LogP contribution in [0.1, 0.15) is 23.1 Å². The fourth-order valence-corrected chi connectivity index (χ4v) is 2.26. The van der Waals surface area contributed by atoms with Gasteiger partial charge in [-0.15, -0.1) is 0 Å². The third-order valence-corrected chi connectivity index (χ3v) is 3.44. The maximum atomic E-state index is 11.6. The molecule has 2 rings (SSSR count). The van der Waals surface area contributed by atoms with Gasteiger partial charge in [-0.3, -0.25) is 0 Å². The number of hydrogen-bond acceptors (Lipinski definition) is 3. The highest BCUT2D eigenvalue weighted by atomic mass is 16.5. The average Bonchev–Trinajstić information content (AvgIpc) is 2.61. The maximum absolute atomic E-state index is 11.6. The molecule has 0 fully saturated rings. The molecule has 0 aliphatic rings. The van der Waals surface area contributed by atoms with E-state index in [2.05, 4.69) is 41.0 Å². The molecule has 4 heteroatoms. The summed E-state index contributed by atoms with van der Waals surface area (Å²) in [5.74, 6) is 0. The summed E-state index contributed by atoms with van der Waals surface area (Å²) >= 11 is 0. The standard InChI is InChI=1S/C20H24N2O2/c1-21-15-19-12-7-11-17(14-19)8-5-6-13-22-20(23)24-16-18-9-3-2-4-10-18/h2-5,7-12,14,21H,6,13,15-16H2,1H3,(H,22,23). The highest BCUT2D eigenvalue weighted by Crippen LogP contribution is 2.07. The van der Waals surface area contributed by atoms with Gasteiger partial charge < -0.3 is 15.4 Å². The van der Waals surface area contributed by atoms with E-state index in [1.807, 2.05) is 43.4 Å². The van der Waals surface area contributed by atoms with Gasteiger partial charge >= 0.3 is 6.09 Å². The molecule has 0 heterocycles. The number of carbonyl (C=O) groups is 1. The first-order chi connectivity index (χ1) is 11.8. The second-order valence-electron chi connectivity index (χ2n) is 5.45. The Morgan fingerprint density at radius 3 is 2.67 bits per heavy atom. The van der Waals surface area contributed by atoms with Crippen LogP contribution in [-0.2, 0) is 17.9 Å². The van der Waals surface area contributed by atoms with Crippen LogP contribution in [0.3, 0.4) is 0 Å². The molecule has 0 atom stereocenters. The summed E-state index contributed by atoms with van der Waals surface area (Å²) in [7, 11) is 1.94. The first-order valence-corrected chi connectivity index (χ1v) is 8.12. The Hall–Kier alpha value is -2.59. The van der Waals surface area contributed by atoms with Crippen molar-refractivity contribution < 1.29 is 9.53 Å². The molecule has 126 valence electrons. The summed E-state index contributed by atoms with van der Waals surface area (Å²) in [4.78, 5) is 11.6. The van der Waals surface area contributed by atoms with Crippen LogP contribution in [0.15, 0.2) is 60.7 Å². The van der Waals surface area contributed by atoms with E-state index in [4.69, 9.17) is 4.74 Å². The maximum Gasteiger partial charge on any atom is 0.407 e. The molecule has 2 N–H and O–H groups in total. The Morgan fingerprint density at radius 2 is 1.88 bits per heavy atom. The van der Waals surface area contributed by atoms with E-state index in [9.17, 15) is 4.79 Å². The van der Waals surface area contributed by atoms with Crippen molar-refractivity contribution in [3.63, 3.8) is 0 Å². The van der Waals surface area contributed by atoms with Gasteiger partial charge in [0.25, 0.3) is 0 Å². The van der Waals surface area contributed by atoms with Gasteiger partial charge in [0, 0.05) is 13.1 Å². The fourth-order valence-electron chi connectivity index (χ4n) is 2.26. The van der Waals surface area contributed by atoms with Crippen LogP contribution in [0, 0.1) is 0 Å². The minimum atomic E-state index is -0.386. The predicted molar refractivity (Wildman–Crippen MR) is 97.5 cm³/mol. The molecule has 0 spiro atoms. The molecule has 0 bridgehead atoms. The minimum Gasteiger partial charge on any atom is -0.445 e. The number of amides is 1. The molecule has 0 aliphatic heterocycles. The summed E-state index contributed by atoms with van der Waals surface area (Å²) in [6.45, 7) is 1.71. The minimum absolute atomic E-state index is 0.292. The molecule has 24 heavy (non-hydrogen) atoms. The molecule has 4 nitrogen and oxygen atoms in total. The molecule has 0 unspecified atom stereocenters. The molecule has 2 aromatic rings. The van der Waals surface area contributed by atoms with E-state index in [0.717, 1.165) is 24.1 Å². The molecular weight excluding hydrogens is 300 g/mol. The van der Waals surface area contributed by atoms with Gasteiger partial charge in [0.2, 0.25) is 0 Å². The second kappa shape index (κ2) is 10.2. The van der Waals surface area contributed by atoms with E-state index in [-0.39, 0.29) is 6.09 Å². The topological polar surface area (TPSA) is 50.4 Å². The summed E-state index contributed by atoms with van der Waals surface area (Å²) < 4.78 is 5.15. The van der Waals surface area contributed by atoms with E-state index < -0.39 is 0 Å². The van der Waals surface area contributed by atoms with Gasteiger partial charge in [-0.05, 0) is 30.2 Å². The van der Waals surface area contributed by atoms with Gasteiger partial charge in [0.05, 0.1) is 0 Å². The van der Waals surface area contributed by atoms with E-state index in [0.29, 0.717) is 13.2 Å². The summed E-state index contributed by atoms with van der Waals surface area (Å²) in [6, 6.07) is 18.0. The Bertz CT molecular complexity index is 654. The Kier molecular flexibility index (Phi) is 7.57. The Balaban J connectivity index is 1.65. The number of rotatable bonds is 8. The lowest BCUT2D eigenvalue weighted by atomic mass is 10.1. The van der Waals surface area contributed by atoms with Crippen molar-refractivity contribution in [2.24, 2.45) is 0 Å². The number of benzene rings is 2. The quantitative estimate of drug-likeness (QED) is 0.727. The van der Waals surface area contributed by atoms with E-state index in [1.54, 1.807) is 0 Å². The van der Waals surface area contributed by atoms with Crippen LogP contribution in [-0.4, -0.2) is 19.7 Å². The number of carbonyl (C=O) groups excluding carboxylic acids is 1. The van der Waals surface area contributed by atoms with Gasteiger partial charge in [0.1, 0.15) is 6.61 Å². The van der Waals surface area contributed by atoms with Crippen molar-refractivity contribution in [2.45, 2.75) is 19.6 Å². The zero-order valence-electron chi connectivity index (χ0n) is 14.0. The summed E-state index contributed by atoms with van der Waals surface area (Å²) in [6.07, 6.45) is 4.49. The fraction of sp³-hybridized carbons (Fsp3) is 0.250. The zero-order chi connectivity index (χ0) is 17.0. The molecule has 0 saturated heterocycles. The van der Waals surface area contributed by atoms with Crippen molar-refractivity contribution in [3.8, 4) is 0 Å². The highest BCUT2D eigenvalue weighted by Gasteiger charge is 2.00. The Labute approximate surface area is 143 Å².